The van der Waals surface area contributed by atoms with Crippen molar-refractivity contribution in [1.29, 1.82) is 0 Å². The third-order valence-electron chi connectivity index (χ3n) is 5.76. The molecule has 0 aromatic heterocycles. The Morgan fingerprint density at radius 3 is 2.44 bits per heavy atom. The van der Waals surface area contributed by atoms with Crippen molar-refractivity contribution in [3.63, 3.8) is 0 Å². The van der Waals surface area contributed by atoms with Crippen LogP contribution in [0.5, 0.6) is 5.75 Å². The molecule has 5 nitrogen and oxygen atoms in total. The second-order valence-corrected chi connectivity index (χ2v) is 9.03. The van der Waals surface area contributed by atoms with E-state index < -0.39 is 6.04 Å². The van der Waals surface area contributed by atoms with E-state index in [1.165, 1.54) is 6.42 Å². The summed E-state index contributed by atoms with van der Waals surface area (Å²) in [5.74, 6) is 0.145. The predicted molar refractivity (Wildman–Crippen MR) is 128 cm³/mol. The van der Waals surface area contributed by atoms with Crippen molar-refractivity contribution in [1.82, 2.24) is 10.2 Å². The predicted octanol–water partition coefficient (Wildman–Crippen LogP) is 5.63. The van der Waals surface area contributed by atoms with Gasteiger partial charge in [-0.1, -0.05) is 67.6 Å². The lowest BCUT2D eigenvalue weighted by Crippen LogP contribution is -2.52. The SMILES string of the molecule is CC[C@@H](C(=O)NC1CCCCC1)N(Cc1ccc(Cl)cc1)C(=O)COc1cccc(Cl)c1. The first kappa shape index (κ1) is 24.4. The number of carbonyl (C=O) groups is 2. The van der Waals surface area contributed by atoms with E-state index in [4.69, 9.17) is 27.9 Å². The van der Waals surface area contributed by atoms with E-state index in [-0.39, 0.29) is 24.5 Å². The van der Waals surface area contributed by atoms with Crippen LogP contribution in [0.3, 0.4) is 0 Å². The van der Waals surface area contributed by atoms with Gasteiger partial charge in [-0.05, 0) is 55.2 Å². The zero-order valence-corrected chi connectivity index (χ0v) is 19.9. The van der Waals surface area contributed by atoms with Gasteiger partial charge in [-0.3, -0.25) is 9.59 Å². The number of hydrogen-bond acceptors (Lipinski definition) is 3. The standard InChI is InChI=1S/C25H30Cl2N2O3/c1-2-23(25(31)28-21-8-4-3-5-9-21)29(16-18-11-13-19(26)14-12-18)24(30)17-32-22-10-6-7-20(27)15-22/h6-7,10-15,21,23H,2-5,8-9,16-17H2,1H3,(H,28,31)/t23-/m0/s1. The van der Waals surface area contributed by atoms with Crippen molar-refractivity contribution < 1.29 is 14.3 Å². The van der Waals surface area contributed by atoms with E-state index in [1.807, 2.05) is 19.1 Å². The molecule has 0 radical (unpaired) electrons. The molecule has 2 aromatic rings. The third kappa shape index (κ3) is 7.14. The number of halogens is 2. The van der Waals surface area contributed by atoms with E-state index >= 15 is 0 Å². The molecule has 7 heteroatoms. The molecule has 0 bridgehead atoms. The summed E-state index contributed by atoms with van der Waals surface area (Å²) >= 11 is 12.0. The number of nitrogens with one attached hydrogen (secondary N) is 1. The van der Waals surface area contributed by atoms with Crippen LogP contribution in [-0.4, -0.2) is 35.4 Å². The summed E-state index contributed by atoms with van der Waals surface area (Å²) in [7, 11) is 0. The van der Waals surface area contributed by atoms with Gasteiger partial charge in [0.2, 0.25) is 5.91 Å². The van der Waals surface area contributed by atoms with Crippen molar-refractivity contribution >= 4 is 35.0 Å². The molecule has 3 rings (SSSR count). The Morgan fingerprint density at radius 2 is 1.78 bits per heavy atom. The average molecular weight is 477 g/mol. The van der Waals surface area contributed by atoms with Crippen LogP contribution < -0.4 is 10.1 Å². The number of rotatable bonds is 9. The summed E-state index contributed by atoms with van der Waals surface area (Å²) in [5.41, 5.74) is 0.898. The zero-order valence-electron chi connectivity index (χ0n) is 18.4. The number of hydrogen-bond donors (Lipinski definition) is 1. The second-order valence-electron chi connectivity index (χ2n) is 8.16. The molecule has 1 N–H and O–H groups in total. The summed E-state index contributed by atoms with van der Waals surface area (Å²) in [6.07, 6.45) is 5.96. The maximum atomic E-state index is 13.2. The highest BCUT2D eigenvalue weighted by Crippen LogP contribution is 2.21. The number of nitrogens with zero attached hydrogens (tertiary/aromatic N) is 1. The van der Waals surface area contributed by atoms with Crippen LogP contribution in [0.25, 0.3) is 0 Å². The zero-order chi connectivity index (χ0) is 22.9. The molecule has 1 saturated carbocycles. The van der Waals surface area contributed by atoms with Gasteiger partial charge in [-0.2, -0.15) is 0 Å². The van der Waals surface area contributed by atoms with Gasteiger partial charge < -0.3 is 15.0 Å². The molecule has 0 saturated heterocycles. The van der Waals surface area contributed by atoms with Crippen molar-refractivity contribution in [3.8, 4) is 5.75 Å². The second kappa shape index (κ2) is 12.1. The first-order valence-corrected chi connectivity index (χ1v) is 11.9. The molecule has 1 aliphatic rings. The summed E-state index contributed by atoms with van der Waals surface area (Å²) in [4.78, 5) is 28.0. The van der Waals surface area contributed by atoms with Gasteiger partial charge >= 0.3 is 0 Å². The van der Waals surface area contributed by atoms with Gasteiger partial charge in [0.1, 0.15) is 11.8 Å². The molecule has 2 amide bonds. The van der Waals surface area contributed by atoms with Crippen molar-refractivity contribution in [3.05, 3.63) is 64.1 Å². The molecule has 1 fully saturated rings. The Morgan fingerprint density at radius 1 is 1.06 bits per heavy atom. The molecule has 0 heterocycles. The van der Waals surface area contributed by atoms with Gasteiger partial charge in [-0.15, -0.1) is 0 Å². The van der Waals surface area contributed by atoms with Crippen molar-refractivity contribution in [2.75, 3.05) is 6.61 Å². The summed E-state index contributed by atoms with van der Waals surface area (Å²) in [5, 5.41) is 4.33. The van der Waals surface area contributed by atoms with Crippen LogP contribution in [0.2, 0.25) is 10.0 Å². The third-order valence-corrected chi connectivity index (χ3v) is 6.25. The van der Waals surface area contributed by atoms with Crippen molar-refractivity contribution in [2.45, 2.75) is 64.1 Å². The molecular weight excluding hydrogens is 447 g/mol. The number of amides is 2. The van der Waals surface area contributed by atoms with E-state index in [0.29, 0.717) is 28.8 Å². The number of carbonyl (C=O) groups excluding carboxylic acids is 2. The minimum absolute atomic E-state index is 0.107. The van der Waals surface area contributed by atoms with E-state index in [1.54, 1.807) is 41.3 Å². The summed E-state index contributed by atoms with van der Waals surface area (Å²) < 4.78 is 5.68. The van der Waals surface area contributed by atoms with Crippen LogP contribution >= 0.6 is 23.2 Å². The Bertz CT molecular complexity index is 898. The van der Waals surface area contributed by atoms with E-state index in [9.17, 15) is 9.59 Å². The molecule has 1 aliphatic carbocycles. The van der Waals surface area contributed by atoms with E-state index in [0.717, 1.165) is 31.2 Å². The summed E-state index contributed by atoms with van der Waals surface area (Å²) in [6, 6.07) is 13.8. The lowest BCUT2D eigenvalue weighted by atomic mass is 9.95. The molecule has 1 atom stereocenters. The maximum absolute atomic E-state index is 13.2. The molecule has 2 aromatic carbocycles. The van der Waals surface area contributed by atoms with Crippen LogP contribution in [0.4, 0.5) is 0 Å². The quantitative estimate of drug-likeness (QED) is 0.510. The number of benzene rings is 2. The smallest absolute Gasteiger partial charge is 0.261 e. The van der Waals surface area contributed by atoms with E-state index in [2.05, 4.69) is 5.32 Å². The lowest BCUT2D eigenvalue weighted by molar-refractivity contribution is -0.143. The van der Waals surface area contributed by atoms with Gasteiger partial charge in [0, 0.05) is 22.6 Å². The molecule has 0 aliphatic heterocycles. The molecule has 172 valence electrons. The van der Waals surface area contributed by atoms with Gasteiger partial charge in [0.15, 0.2) is 6.61 Å². The first-order valence-electron chi connectivity index (χ1n) is 11.2. The Balaban J connectivity index is 1.74. The topological polar surface area (TPSA) is 58.6 Å². The minimum Gasteiger partial charge on any atom is -0.484 e. The van der Waals surface area contributed by atoms with Crippen LogP contribution in [0.15, 0.2) is 48.5 Å². The molecular formula is C25H30Cl2N2O3. The molecule has 0 unspecified atom stereocenters. The Labute approximate surface area is 200 Å². The van der Waals surface area contributed by atoms with Crippen LogP contribution in [-0.2, 0) is 16.1 Å². The fraction of sp³-hybridized carbons (Fsp3) is 0.440. The Kier molecular flexibility index (Phi) is 9.24. The van der Waals surface area contributed by atoms with Crippen LogP contribution in [0, 0.1) is 0 Å². The lowest BCUT2D eigenvalue weighted by Gasteiger charge is -2.32. The molecule has 32 heavy (non-hydrogen) atoms. The van der Waals surface area contributed by atoms with Crippen molar-refractivity contribution in [2.24, 2.45) is 0 Å². The van der Waals surface area contributed by atoms with Gasteiger partial charge in [0.25, 0.3) is 5.91 Å². The summed E-state index contributed by atoms with van der Waals surface area (Å²) in [6.45, 7) is 2.04. The van der Waals surface area contributed by atoms with Gasteiger partial charge in [0.05, 0.1) is 0 Å². The molecule has 0 spiro atoms. The van der Waals surface area contributed by atoms with Gasteiger partial charge in [-0.25, -0.2) is 0 Å². The minimum atomic E-state index is -0.580. The van der Waals surface area contributed by atoms with Crippen LogP contribution in [0.1, 0.15) is 51.0 Å². The monoisotopic (exact) mass is 476 g/mol. The fourth-order valence-electron chi connectivity index (χ4n) is 4.04. The number of ether oxygens (including phenoxy) is 1. The maximum Gasteiger partial charge on any atom is 0.261 e. The fourth-order valence-corrected chi connectivity index (χ4v) is 4.34. The highest BCUT2D eigenvalue weighted by Gasteiger charge is 2.30. The largest absolute Gasteiger partial charge is 0.484 e. The average Bonchev–Trinajstić information content (AvgIpc) is 2.79. The highest BCUT2D eigenvalue weighted by atomic mass is 35.5. The first-order chi connectivity index (χ1) is 15.5. The Hall–Kier alpha value is -2.24. The normalized spacial score (nSPS) is 15.1. The highest BCUT2D eigenvalue weighted by molar-refractivity contribution is 6.30.